The van der Waals surface area contributed by atoms with E-state index in [0.29, 0.717) is 12.1 Å². The van der Waals surface area contributed by atoms with Crippen LogP contribution in [0, 0.1) is 24.2 Å². The van der Waals surface area contributed by atoms with Crippen LogP contribution in [0.5, 0.6) is 0 Å². The van der Waals surface area contributed by atoms with Crippen molar-refractivity contribution in [2.24, 2.45) is 5.92 Å². The normalized spacial score (nSPS) is 19.8. The molecule has 0 amide bonds. The van der Waals surface area contributed by atoms with Crippen molar-refractivity contribution >= 4 is 12.1 Å². The summed E-state index contributed by atoms with van der Waals surface area (Å²) in [5.41, 5.74) is 1.47. The molecule has 17 heavy (non-hydrogen) atoms. The Kier molecular flexibility index (Phi) is 3.38. The zero-order valence-corrected chi connectivity index (χ0v) is 9.89. The van der Waals surface area contributed by atoms with Crippen molar-refractivity contribution in [2.45, 2.75) is 19.8 Å². The Morgan fingerprint density at radius 1 is 1.59 bits per heavy atom. The molecule has 1 aliphatic heterocycles. The molecule has 2 rings (SSSR count). The number of piperidine rings is 1. The number of hydrogen-bond donors (Lipinski definition) is 0. The van der Waals surface area contributed by atoms with E-state index in [0.717, 1.165) is 37.2 Å². The standard InChI is InChI=1S/C13H15N3O/c1-10-5-12(7-14)6-13(15-10)16-4-2-3-11(8-16)9-17/h5-6,9,11H,2-4,8H2,1H3. The van der Waals surface area contributed by atoms with Crippen LogP contribution in [0.2, 0.25) is 0 Å². The van der Waals surface area contributed by atoms with Crippen LogP contribution in [0.4, 0.5) is 5.82 Å². The monoisotopic (exact) mass is 229 g/mol. The number of rotatable bonds is 2. The Hall–Kier alpha value is -1.89. The van der Waals surface area contributed by atoms with Gasteiger partial charge >= 0.3 is 0 Å². The van der Waals surface area contributed by atoms with Crippen LogP contribution in [0.1, 0.15) is 24.1 Å². The van der Waals surface area contributed by atoms with Crippen molar-refractivity contribution in [2.75, 3.05) is 18.0 Å². The Morgan fingerprint density at radius 3 is 3.12 bits per heavy atom. The lowest BCUT2D eigenvalue weighted by molar-refractivity contribution is -0.111. The van der Waals surface area contributed by atoms with E-state index in [-0.39, 0.29) is 5.92 Å². The van der Waals surface area contributed by atoms with Crippen LogP contribution in [-0.2, 0) is 4.79 Å². The summed E-state index contributed by atoms with van der Waals surface area (Å²) in [6.07, 6.45) is 2.98. The molecule has 1 atom stereocenters. The molecule has 1 aliphatic rings. The number of nitrogens with zero attached hydrogens (tertiary/aromatic N) is 3. The molecule has 88 valence electrons. The molecule has 1 aromatic heterocycles. The third kappa shape index (κ3) is 2.62. The minimum Gasteiger partial charge on any atom is -0.356 e. The van der Waals surface area contributed by atoms with E-state index in [2.05, 4.69) is 16.0 Å². The molecule has 0 aromatic carbocycles. The van der Waals surface area contributed by atoms with E-state index in [4.69, 9.17) is 5.26 Å². The second kappa shape index (κ2) is 4.96. The van der Waals surface area contributed by atoms with E-state index in [1.165, 1.54) is 0 Å². The average molecular weight is 229 g/mol. The number of carbonyl (C=O) groups is 1. The second-order valence-electron chi connectivity index (χ2n) is 4.45. The molecule has 1 saturated heterocycles. The maximum atomic E-state index is 10.8. The molecule has 1 unspecified atom stereocenters. The van der Waals surface area contributed by atoms with Gasteiger partial charge in [0.05, 0.1) is 11.6 Å². The zero-order chi connectivity index (χ0) is 12.3. The Labute approximate surface area is 101 Å². The minimum absolute atomic E-state index is 0.0941. The topological polar surface area (TPSA) is 57.0 Å². The molecule has 0 saturated carbocycles. The fraction of sp³-hybridized carbons (Fsp3) is 0.462. The van der Waals surface area contributed by atoms with Crippen LogP contribution in [0.25, 0.3) is 0 Å². The van der Waals surface area contributed by atoms with E-state index < -0.39 is 0 Å². The fourth-order valence-corrected chi connectivity index (χ4v) is 2.21. The summed E-state index contributed by atoms with van der Waals surface area (Å²) in [5.74, 6) is 0.907. The van der Waals surface area contributed by atoms with Gasteiger partial charge in [-0.2, -0.15) is 5.26 Å². The van der Waals surface area contributed by atoms with E-state index in [9.17, 15) is 4.79 Å². The van der Waals surface area contributed by atoms with E-state index in [1.807, 2.05) is 6.92 Å². The van der Waals surface area contributed by atoms with Gasteiger partial charge in [-0.1, -0.05) is 0 Å². The molecule has 4 nitrogen and oxygen atoms in total. The molecular weight excluding hydrogens is 214 g/mol. The summed E-state index contributed by atoms with van der Waals surface area (Å²) < 4.78 is 0. The molecule has 1 fully saturated rings. The number of carbonyl (C=O) groups excluding carboxylic acids is 1. The highest BCUT2D eigenvalue weighted by molar-refractivity contribution is 5.56. The maximum absolute atomic E-state index is 10.8. The van der Waals surface area contributed by atoms with Crippen molar-refractivity contribution in [3.05, 3.63) is 23.4 Å². The van der Waals surface area contributed by atoms with Crippen molar-refractivity contribution in [1.29, 1.82) is 5.26 Å². The van der Waals surface area contributed by atoms with Gasteiger partial charge in [0.2, 0.25) is 0 Å². The highest BCUT2D eigenvalue weighted by Crippen LogP contribution is 2.21. The van der Waals surface area contributed by atoms with Gasteiger partial charge in [0.1, 0.15) is 12.1 Å². The Bertz CT molecular complexity index is 464. The lowest BCUT2D eigenvalue weighted by Crippen LogP contribution is -2.36. The average Bonchev–Trinajstić information content (AvgIpc) is 2.38. The molecule has 0 radical (unpaired) electrons. The third-order valence-corrected chi connectivity index (χ3v) is 3.04. The quantitative estimate of drug-likeness (QED) is 0.724. The Balaban J connectivity index is 2.24. The van der Waals surface area contributed by atoms with Crippen LogP contribution >= 0.6 is 0 Å². The predicted octanol–water partition coefficient (Wildman–Crippen LogP) is 1.68. The van der Waals surface area contributed by atoms with Crippen molar-refractivity contribution in [1.82, 2.24) is 4.98 Å². The predicted molar refractivity (Wildman–Crippen MR) is 64.7 cm³/mol. The first-order valence-electron chi connectivity index (χ1n) is 5.82. The molecule has 0 spiro atoms. The van der Waals surface area contributed by atoms with Crippen LogP contribution in [-0.4, -0.2) is 24.4 Å². The molecule has 1 aromatic rings. The minimum atomic E-state index is 0.0941. The van der Waals surface area contributed by atoms with Gasteiger partial charge < -0.3 is 9.69 Å². The second-order valence-corrected chi connectivity index (χ2v) is 4.45. The maximum Gasteiger partial charge on any atom is 0.130 e. The van der Waals surface area contributed by atoms with Crippen LogP contribution in [0.15, 0.2) is 12.1 Å². The van der Waals surface area contributed by atoms with Gasteiger partial charge in [-0.25, -0.2) is 4.98 Å². The lowest BCUT2D eigenvalue weighted by atomic mass is 9.99. The van der Waals surface area contributed by atoms with Crippen molar-refractivity contribution < 1.29 is 4.79 Å². The summed E-state index contributed by atoms with van der Waals surface area (Å²) in [5, 5.41) is 8.93. The number of anilines is 1. The third-order valence-electron chi connectivity index (χ3n) is 3.04. The first kappa shape index (κ1) is 11.6. The van der Waals surface area contributed by atoms with Gasteiger partial charge in [0.15, 0.2) is 0 Å². The fourth-order valence-electron chi connectivity index (χ4n) is 2.21. The number of aryl methyl sites for hydroxylation is 1. The summed E-state index contributed by atoms with van der Waals surface area (Å²) in [6, 6.07) is 5.70. The SMILES string of the molecule is Cc1cc(C#N)cc(N2CCCC(C=O)C2)n1. The van der Waals surface area contributed by atoms with Gasteiger partial charge in [-0.15, -0.1) is 0 Å². The van der Waals surface area contributed by atoms with Gasteiger partial charge in [0, 0.05) is 24.7 Å². The summed E-state index contributed by atoms with van der Waals surface area (Å²) in [6.45, 7) is 3.50. The smallest absolute Gasteiger partial charge is 0.130 e. The largest absolute Gasteiger partial charge is 0.356 e. The number of nitriles is 1. The lowest BCUT2D eigenvalue weighted by Gasteiger charge is -2.31. The highest BCUT2D eigenvalue weighted by atomic mass is 16.1. The van der Waals surface area contributed by atoms with Crippen LogP contribution in [0.3, 0.4) is 0 Å². The molecule has 4 heteroatoms. The molecular formula is C13H15N3O. The zero-order valence-electron chi connectivity index (χ0n) is 9.89. The van der Waals surface area contributed by atoms with Crippen molar-refractivity contribution in [3.8, 4) is 6.07 Å². The summed E-state index contributed by atoms with van der Waals surface area (Å²) in [7, 11) is 0. The first-order valence-corrected chi connectivity index (χ1v) is 5.82. The van der Waals surface area contributed by atoms with Gasteiger partial charge in [0.25, 0.3) is 0 Å². The first-order chi connectivity index (χ1) is 8.22. The van der Waals surface area contributed by atoms with E-state index in [1.54, 1.807) is 12.1 Å². The van der Waals surface area contributed by atoms with Crippen LogP contribution < -0.4 is 4.90 Å². The number of hydrogen-bond acceptors (Lipinski definition) is 4. The molecule has 0 bridgehead atoms. The number of aldehydes is 1. The Morgan fingerprint density at radius 2 is 2.41 bits per heavy atom. The summed E-state index contributed by atoms with van der Waals surface area (Å²) in [4.78, 5) is 17.4. The molecule has 0 N–H and O–H groups in total. The number of aromatic nitrogens is 1. The van der Waals surface area contributed by atoms with Crippen molar-refractivity contribution in [3.63, 3.8) is 0 Å². The molecule has 0 aliphatic carbocycles. The highest BCUT2D eigenvalue weighted by Gasteiger charge is 2.20. The number of pyridine rings is 1. The molecule has 2 heterocycles. The van der Waals surface area contributed by atoms with Gasteiger partial charge in [-0.05, 0) is 31.9 Å². The summed E-state index contributed by atoms with van der Waals surface area (Å²) >= 11 is 0. The van der Waals surface area contributed by atoms with Gasteiger partial charge in [-0.3, -0.25) is 0 Å². The van der Waals surface area contributed by atoms with E-state index >= 15 is 0 Å².